The molecule has 27 heavy (non-hydrogen) atoms. The third-order valence-electron chi connectivity index (χ3n) is 3.62. The first-order valence-corrected chi connectivity index (χ1v) is 7.98. The highest BCUT2D eigenvalue weighted by Crippen LogP contribution is 2.37. The van der Waals surface area contributed by atoms with E-state index in [1.807, 2.05) is 0 Å². The van der Waals surface area contributed by atoms with Crippen molar-refractivity contribution in [1.29, 1.82) is 0 Å². The Hall–Kier alpha value is -3.27. The Kier molecular flexibility index (Phi) is 4.91. The number of halogens is 3. The molecule has 2 aromatic carbocycles. The van der Waals surface area contributed by atoms with Crippen LogP contribution in [0.1, 0.15) is 5.56 Å². The molecular weight excluding hydrogens is 379 g/mol. The van der Waals surface area contributed by atoms with Crippen molar-refractivity contribution < 1.29 is 13.2 Å². The van der Waals surface area contributed by atoms with E-state index in [-0.39, 0.29) is 16.5 Å². The molecule has 0 radical (unpaired) electrons. The summed E-state index contributed by atoms with van der Waals surface area (Å²) in [6, 6.07) is 13.3. The maximum atomic E-state index is 13.1. The monoisotopic (exact) mass is 391 g/mol. The van der Waals surface area contributed by atoms with E-state index < -0.39 is 23.0 Å². The van der Waals surface area contributed by atoms with Gasteiger partial charge in [0.25, 0.3) is 0 Å². The number of hydrogen-bond donors (Lipinski definition) is 2. The molecule has 1 aromatic heterocycles. The van der Waals surface area contributed by atoms with Crippen molar-refractivity contribution in [3.8, 4) is 11.3 Å². The fourth-order valence-electron chi connectivity index (χ4n) is 2.39. The van der Waals surface area contributed by atoms with Crippen LogP contribution in [0.5, 0.6) is 0 Å². The first-order valence-electron chi connectivity index (χ1n) is 7.57. The number of thiocarbonyl (C=S) groups is 1. The molecule has 3 aromatic rings. The van der Waals surface area contributed by atoms with E-state index in [0.717, 1.165) is 16.8 Å². The summed E-state index contributed by atoms with van der Waals surface area (Å²) in [5, 5.41) is 9.88. The van der Waals surface area contributed by atoms with Crippen molar-refractivity contribution in [2.45, 2.75) is 6.18 Å². The fraction of sp³-hybridized carbons (Fsp3) is 0.0588. The largest absolute Gasteiger partial charge is 0.418 e. The van der Waals surface area contributed by atoms with Gasteiger partial charge >= 0.3 is 11.7 Å². The second-order valence-electron chi connectivity index (χ2n) is 5.40. The Morgan fingerprint density at radius 1 is 1.04 bits per heavy atom. The average Bonchev–Trinajstić information content (AvgIpc) is 2.97. The zero-order valence-electron chi connectivity index (χ0n) is 13.6. The summed E-state index contributed by atoms with van der Waals surface area (Å²) >= 11 is 4.81. The smallest absolute Gasteiger partial charge is 0.374 e. The first kappa shape index (κ1) is 18.5. The Balaban J connectivity index is 2.15. The van der Waals surface area contributed by atoms with Crippen molar-refractivity contribution >= 4 is 28.7 Å². The minimum Gasteiger partial charge on any atom is -0.374 e. The lowest BCUT2D eigenvalue weighted by atomic mass is 10.1. The summed E-state index contributed by atoms with van der Waals surface area (Å²) in [7, 11) is 0. The van der Waals surface area contributed by atoms with Crippen LogP contribution in [-0.4, -0.2) is 14.9 Å². The van der Waals surface area contributed by atoms with Crippen LogP contribution in [0.2, 0.25) is 0 Å². The zero-order valence-corrected chi connectivity index (χ0v) is 14.4. The first-order chi connectivity index (χ1) is 12.8. The van der Waals surface area contributed by atoms with Gasteiger partial charge in [0.05, 0.1) is 16.9 Å². The summed E-state index contributed by atoms with van der Waals surface area (Å²) in [5.41, 5.74) is 4.03. The lowest BCUT2D eigenvalue weighted by Gasteiger charge is -2.08. The van der Waals surface area contributed by atoms with E-state index in [1.54, 1.807) is 30.3 Å². The maximum Gasteiger partial charge on any atom is 0.418 e. The molecule has 0 aliphatic carbocycles. The Morgan fingerprint density at radius 2 is 1.67 bits per heavy atom. The number of azo groups is 1. The molecular formula is C17H12F3N5OS. The van der Waals surface area contributed by atoms with Crippen molar-refractivity contribution in [2.24, 2.45) is 16.0 Å². The lowest BCUT2D eigenvalue weighted by molar-refractivity contribution is -0.137. The molecule has 0 bridgehead atoms. The number of rotatable bonds is 3. The van der Waals surface area contributed by atoms with Gasteiger partial charge < -0.3 is 5.73 Å². The van der Waals surface area contributed by atoms with Gasteiger partial charge in [0.15, 0.2) is 10.8 Å². The molecule has 0 saturated carbocycles. The molecule has 0 fully saturated rings. The van der Waals surface area contributed by atoms with Gasteiger partial charge in [-0.15, -0.1) is 10.2 Å². The van der Waals surface area contributed by atoms with Gasteiger partial charge in [0, 0.05) is 5.56 Å². The number of aromatic amines is 1. The molecule has 10 heteroatoms. The van der Waals surface area contributed by atoms with E-state index in [4.69, 9.17) is 18.0 Å². The van der Waals surface area contributed by atoms with Crippen molar-refractivity contribution in [2.75, 3.05) is 0 Å². The molecule has 0 atom stereocenters. The lowest BCUT2D eigenvalue weighted by Crippen LogP contribution is -2.29. The number of nitrogens with one attached hydrogen (secondary N) is 1. The molecule has 6 nitrogen and oxygen atoms in total. The van der Waals surface area contributed by atoms with Crippen LogP contribution in [0.15, 0.2) is 69.6 Å². The third-order valence-corrected chi connectivity index (χ3v) is 3.80. The van der Waals surface area contributed by atoms with E-state index in [0.29, 0.717) is 5.56 Å². The Morgan fingerprint density at radius 3 is 2.30 bits per heavy atom. The minimum absolute atomic E-state index is 0.203. The number of hydrogen-bond acceptors (Lipinski definition) is 4. The molecule has 0 saturated heterocycles. The van der Waals surface area contributed by atoms with Crippen LogP contribution < -0.4 is 11.3 Å². The standard InChI is InChI=1S/C17H12F3N5OS/c18-17(19,20)11-8-4-5-9-12(11)22-23-14-13(10-6-2-1-3-7-10)24-25(15(14)26)16(21)27/h1-9,24H,(H2,21,27). The Labute approximate surface area is 156 Å². The maximum absolute atomic E-state index is 13.1. The van der Waals surface area contributed by atoms with Gasteiger partial charge in [-0.25, -0.2) is 0 Å². The summed E-state index contributed by atoms with van der Waals surface area (Å²) in [5.74, 6) is 0. The Bertz CT molecular complexity index is 1070. The summed E-state index contributed by atoms with van der Waals surface area (Å²) in [4.78, 5) is 12.5. The van der Waals surface area contributed by atoms with E-state index in [9.17, 15) is 18.0 Å². The van der Waals surface area contributed by atoms with Gasteiger partial charge in [-0.1, -0.05) is 42.5 Å². The molecule has 0 unspecified atom stereocenters. The highest BCUT2D eigenvalue weighted by molar-refractivity contribution is 7.80. The second-order valence-corrected chi connectivity index (χ2v) is 5.81. The van der Waals surface area contributed by atoms with Crippen molar-refractivity contribution in [3.05, 3.63) is 70.5 Å². The molecule has 0 aliphatic heterocycles. The fourth-order valence-corrected chi connectivity index (χ4v) is 2.52. The van der Waals surface area contributed by atoms with Crippen molar-refractivity contribution in [3.63, 3.8) is 0 Å². The van der Waals surface area contributed by atoms with Gasteiger partial charge in [-0.05, 0) is 24.4 Å². The number of alkyl halides is 3. The quantitative estimate of drug-likeness (QED) is 0.513. The van der Waals surface area contributed by atoms with E-state index in [2.05, 4.69) is 15.3 Å². The number of H-pyrrole nitrogens is 1. The van der Waals surface area contributed by atoms with Crippen LogP contribution in [0.4, 0.5) is 24.5 Å². The van der Waals surface area contributed by atoms with Gasteiger partial charge in [-0.3, -0.25) is 9.89 Å². The molecule has 0 spiro atoms. The molecule has 0 amide bonds. The molecule has 3 rings (SSSR count). The van der Waals surface area contributed by atoms with E-state index in [1.165, 1.54) is 12.1 Å². The predicted molar refractivity (Wildman–Crippen MR) is 98.3 cm³/mol. The number of nitrogens with zero attached hydrogens (tertiary/aromatic N) is 3. The summed E-state index contributed by atoms with van der Waals surface area (Å²) < 4.78 is 40.2. The number of benzene rings is 2. The van der Waals surface area contributed by atoms with Gasteiger partial charge in [0.1, 0.15) is 0 Å². The minimum atomic E-state index is -4.60. The SMILES string of the molecule is NC(=S)n1[nH]c(-c2ccccc2)c(N=Nc2ccccc2C(F)(F)F)c1=O. The molecule has 1 heterocycles. The van der Waals surface area contributed by atoms with Crippen LogP contribution in [-0.2, 0) is 6.18 Å². The van der Waals surface area contributed by atoms with Gasteiger partial charge in [0.2, 0.25) is 0 Å². The number of nitrogens with two attached hydrogens (primary N) is 1. The number of aromatic nitrogens is 2. The van der Waals surface area contributed by atoms with Crippen LogP contribution in [0, 0.1) is 0 Å². The normalized spacial score (nSPS) is 11.8. The molecule has 138 valence electrons. The second kappa shape index (κ2) is 7.16. The highest BCUT2D eigenvalue weighted by Gasteiger charge is 2.33. The topological polar surface area (TPSA) is 88.5 Å². The predicted octanol–water partition coefficient (Wildman–Crippen LogP) is 4.37. The van der Waals surface area contributed by atoms with Crippen molar-refractivity contribution in [1.82, 2.24) is 9.78 Å². The summed E-state index contributed by atoms with van der Waals surface area (Å²) in [6.07, 6.45) is -4.60. The van der Waals surface area contributed by atoms with Crippen LogP contribution in [0.25, 0.3) is 11.3 Å². The highest BCUT2D eigenvalue weighted by atomic mass is 32.1. The third kappa shape index (κ3) is 3.80. The van der Waals surface area contributed by atoms with E-state index >= 15 is 0 Å². The molecule has 0 aliphatic rings. The molecule has 3 N–H and O–H groups in total. The van der Waals surface area contributed by atoms with Crippen LogP contribution in [0.3, 0.4) is 0 Å². The zero-order chi connectivity index (χ0) is 19.6. The summed E-state index contributed by atoms with van der Waals surface area (Å²) in [6.45, 7) is 0. The van der Waals surface area contributed by atoms with Crippen LogP contribution >= 0.6 is 12.2 Å². The van der Waals surface area contributed by atoms with Gasteiger partial charge in [-0.2, -0.15) is 17.9 Å². The average molecular weight is 391 g/mol.